The zero-order chi connectivity index (χ0) is 18.4. The molecule has 0 amide bonds. The second-order valence-corrected chi connectivity index (χ2v) is 6.11. The molecule has 0 aliphatic rings. The first kappa shape index (κ1) is 18.8. The molecule has 2 rings (SSSR count). The number of aromatic amines is 1. The van der Waals surface area contributed by atoms with Crippen LogP contribution in [0.2, 0.25) is 0 Å². The third-order valence-corrected chi connectivity index (χ3v) is 4.07. The molecule has 9 heteroatoms. The maximum atomic E-state index is 12.0. The van der Waals surface area contributed by atoms with Crippen LogP contribution in [0, 0.1) is 4.77 Å². The van der Waals surface area contributed by atoms with Crippen LogP contribution in [0.3, 0.4) is 0 Å². The highest BCUT2D eigenvalue weighted by molar-refractivity contribution is 7.80. The second kappa shape index (κ2) is 8.54. The van der Waals surface area contributed by atoms with E-state index in [2.05, 4.69) is 20.8 Å². The van der Waals surface area contributed by atoms with Crippen LogP contribution in [-0.4, -0.2) is 26.0 Å². The summed E-state index contributed by atoms with van der Waals surface area (Å²) in [6.07, 6.45) is 1.95. The number of H-pyrrole nitrogens is 1. The van der Waals surface area contributed by atoms with Crippen molar-refractivity contribution in [3.63, 3.8) is 0 Å². The molecule has 25 heavy (non-hydrogen) atoms. The van der Waals surface area contributed by atoms with Gasteiger partial charge in [0.15, 0.2) is 9.88 Å². The molecule has 132 valence electrons. The zero-order valence-electron chi connectivity index (χ0n) is 13.8. The maximum absolute atomic E-state index is 12.0. The van der Waals surface area contributed by atoms with Gasteiger partial charge in [0.25, 0.3) is 5.56 Å². The molecule has 1 aromatic heterocycles. The number of aromatic nitrogens is 2. The highest BCUT2D eigenvalue weighted by Crippen LogP contribution is 2.19. The van der Waals surface area contributed by atoms with E-state index in [0.717, 1.165) is 12.1 Å². The third-order valence-electron chi connectivity index (χ3n) is 3.58. The SMILES string of the molecule is CC[C@@H](C)n1c(O)c(/C=N/NC(=S)Nc2ccccc2)c(=O)[nH]c1=S. The summed E-state index contributed by atoms with van der Waals surface area (Å²) < 4.78 is 1.65. The summed E-state index contributed by atoms with van der Waals surface area (Å²) in [4.78, 5) is 14.6. The Hall–Kier alpha value is -2.52. The first-order chi connectivity index (χ1) is 11.9. The van der Waals surface area contributed by atoms with E-state index in [0.29, 0.717) is 0 Å². The van der Waals surface area contributed by atoms with Gasteiger partial charge in [-0.15, -0.1) is 0 Å². The molecule has 0 saturated heterocycles. The number of nitrogens with one attached hydrogen (secondary N) is 3. The summed E-state index contributed by atoms with van der Waals surface area (Å²) >= 11 is 10.2. The highest BCUT2D eigenvalue weighted by atomic mass is 32.1. The number of rotatable bonds is 5. The van der Waals surface area contributed by atoms with E-state index in [4.69, 9.17) is 24.4 Å². The lowest BCUT2D eigenvalue weighted by Gasteiger charge is -2.16. The van der Waals surface area contributed by atoms with E-state index in [1.54, 1.807) is 0 Å². The number of anilines is 1. The Kier molecular flexibility index (Phi) is 6.43. The Morgan fingerprint density at radius 1 is 1.44 bits per heavy atom. The molecule has 0 aliphatic carbocycles. The first-order valence-electron chi connectivity index (χ1n) is 7.67. The van der Waals surface area contributed by atoms with E-state index in [-0.39, 0.29) is 27.4 Å². The fraction of sp³-hybridized carbons (Fsp3) is 0.250. The van der Waals surface area contributed by atoms with E-state index < -0.39 is 5.56 Å². The summed E-state index contributed by atoms with van der Waals surface area (Å²) in [6, 6.07) is 9.28. The van der Waals surface area contributed by atoms with Gasteiger partial charge in [-0.1, -0.05) is 25.1 Å². The molecule has 0 aliphatic heterocycles. The van der Waals surface area contributed by atoms with E-state index in [9.17, 15) is 9.90 Å². The Bertz CT molecular complexity index is 890. The lowest BCUT2D eigenvalue weighted by Crippen LogP contribution is -2.25. The van der Waals surface area contributed by atoms with Crippen molar-refractivity contribution in [2.75, 3.05) is 5.32 Å². The van der Waals surface area contributed by atoms with Gasteiger partial charge in [-0.25, -0.2) is 0 Å². The van der Waals surface area contributed by atoms with Gasteiger partial charge in [-0.05, 0) is 49.9 Å². The number of hydrazone groups is 1. The molecule has 0 fully saturated rings. The molecule has 0 radical (unpaired) electrons. The smallest absolute Gasteiger partial charge is 0.264 e. The Labute approximate surface area is 155 Å². The predicted octanol–water partition coefficient (Wildman–Crippen LogP) is 2.90. The number of thiocarbonyl (C=S) groups is 1. The number of hydrogen-bond acceptors (Lipinski definition) is 5. The molecule has 2 aromatic rings. The predicted molar refractivity (Wildman–Crippen MR) is 106 cm³/mol. The number of hydrogen-bond donors (Lipinski definition) is 4. The summed E-state index contributed by atoms with van der Waals surface area (Å²) in [5, 5.41) is 17.5. The lowest BCUT2D eigenvalue weighted by atomic mass is 10.2. The summed E-state index contributed by atoms with van der Waals surface area (Å²) in [7, 11) is 0. The van der Waals surface area contributed by atoms with Crippen molar-refractivity contribution in [3.8, 4) is 5.88 Å². The van der Waals surface area contributed by atoms with Gasteiger partial charge in [0.1, 0.15) is 5.56 Å². The lowest BCUT2D eigenvalue weighted by molar-refractivity contribution is 0.371. The minimum Gasteiger partial charge on any atom is -0.494 e. The Morgan fingerprint density at radius 3 is 2.76 bits per heavy atom. The number of benzene rings is 1. The number of nitrogens with zero attached hydrogens (tertiary/aromatic N) is 2. The molecule has 1 aromatic carbocycles. The molecular formula is C16H19N5O2S2. The van der Waals surface area contributed by atoms with Gasteiger partial charge >= 0.3 is 0 Å². The fourth-order valence-corrected chi connectivity index (χ4v) is 2.63. The minimum absolute atomic E-state index is 0.00362. The number of para-hydroxylation sites is 1. The normalized spacial score (nSPS) is 12.1. The third kappa shape index (κ3) is 4.74. The summed E-state index contributed by atoms with van der Waals surface area (Å²) in [5.74, 6) is -0.226. The Morgan fingerprint density at radius 2 is 2.12 bits per heavy atom. The average molecular weight is 377 g/mol. The van der Waals surface area contributed by atoms with E-state index in [1.807, 2.05) is 44.2 Å². The summed E-state index contributed by atoms with van der Waals surface area (Å²) in [5.41, 5.74) is 2.89. The largest absolute Gasteiger partial charge is 0.494 e. The van der Waals surface area contributed by atoms with Crippen molar-refractivity contribution in [3.05, 3.63) is 51.0 Å². The highest BCUT2D eigenvalue weighted by Gasteiger charge is 2.14. The minimum atomic E-state index is -0.519. The first-order valence-corrected chi connectivity index (χ1v) is 8.48. The van der Waals surface area contributed by atoms with E-state index in [1.165, 1.54) is 10.8 Å². The number of aromatic hydroxyl groups is 1. The monoisotopic (exact) mass is 377 g/mol. The van der Waals surface area contributed by atoms with Crippen LogP contribution >= 0.6 is 24.4 Å². The quantitative estimate of drug-likeness (QED) is 0.364. The van der Waals surface area contributed by atoms with Gasteiger partial charge in [0.05, 0.1) is 6.21 Å². The molecular weight excluding hydrogens is 358 g/mol. The molecule has 0 saturated carbocycles. The van der Waals surface area contributed by atoms with Crippen LogP contribution in [-0.2, 0) is 0 Å². The van der Waals surface area contributed by atoms with Crippen molar-refractivity contribution in [1.29, 1.82) is 0 Å². The zero-order valence-corrected chi connectivity index (χ0v) is 15.4. The fourth-order valence-electron chi connectivity index (χ4n) is 2.10. The van der Waals surface area contributed by atoms with Crippen LogP contribution in [0.4, 0.5) is 5.69 Å². The van der Waals surface area contributed by atoms with Crippen LogP contribution in [0.15, 0.2) is 40.2 Å². The van der Waals surface area contributed by atoms with Crippen molar-refractivity contribution >= 4 is 41.5 Å². The summed E-state index contributed by atoms with van der Waals surface area (Å²) in [6.45, 7) is 3.85. The molecule has 1 heterocycles. The van der Waals surface area contributed by atoms with Gasteiger partial charge in [-0.2, -0.15) is 5.10 Å². The van der Waals surface area contributed by atoms with Crippen LogP contribution in [0.25, 0.3) is 0 Å². The van der Waals surface area contributed by atoms with Crippen molar-refractivity contribution in [2.24, 2.45) is 5.10 Å². The Balaban J connectivity index is 2.17. The molecule has 0 spiro atoms. The van der Waals surface area contributed by atoms with E-state index >= 15 is 0 Å². The molecule has 0 bridgehead atoms. The van der Waals surface area contributed by atoms with Crippen molar-refractivity contribution < 1.29 is 5.11 Å². The average Bonchev–Trinajstić information content (AvgIpc) is 2.58. The van der Waals surface area contributed by atoms with Gasteiger partial charge in [-0.3, -0.25) is 19.8 Å². The van der Waals surface area contributed by atoms with Crippen LogP contribution in [0.1, 0.15) is 31.9 Å². The van der Waals surface area contributed by atoms with Crippen molar-refractivity contribution in [1.82, 2.24) is 15.0 Å². The van der Waals surface area contributed by atoms with Crippen molar-refractivity contribution in [2.45, 2.75) is 26.3 Å². The van der Waals surface area contributed by atoms with Gasteiger partial charge in [0.2, 0.25) is 5.88 Å². The standard InChI is InChI=1S/C16H19N5O2S2/c1-3-10(2)21-14(23)12(13(22)19-16(21)25)9-17-20-15(24)18-11-7-5-4-6-8-11/h4-10,23H,3H2,1-2H3,(H2,18,20,24)(H,19,22,25)/b17-9+/t10-/m1/s1. The maximum Gasteiger partial charge on any atom is 0.264 e. The second-order valence-electron chi connectivity index (χ2n) is 5.31. The molecule has 1 atom stereocenters. The van der Waals surface area contributed by atoms with Crippen LogP contribution in [0.5, 0.6) is 5.88 Å². The van der Waals surface area contributed by atoms with Crippen LogP contribution < -0.4 is 16.3 Å². The molecule has 4 N–H and O–H groups in total. The topological polar surface area (TPSA) is 94.4 Å². The van der Waals surface area contributed by atoms with Gasteiger partial charge in [0, 0.05) is 11.7 Å². The van der Waals surface area contributed by atoms with Gasteiger partial charge < -0.3 is 10.4 Å². The molecule has 7 nitrogen and oxygen atoms in total. The molecule has 0 unspecified atom stereocenters.